The Hall–Kier alpha value is -3.36. The molecule has 1 amide bonds. The van der Waals surface area contributed by atoms with Crippen molar-refractivity contribution in [3.05, 3.63) is 59.9 Å². The van der Waals surface area contributed by atoms with Crippen LogP contribution in [0.3, 0.4) is 0 Å². The lowest BCUT2D eigenvalue weighted by atomic mass is 10.1. The number of halogens is 3. The van der Waals surface area contributed by atoms with Gasteiger partial charge < -0.3 is 14.8 Å². The Labute approximate surface area is 164 Å². The first-order chi connectivity index (χ1) is 13.8. The minimum absolute atomic E-state index is 0.148. The summed E-state index contributed by atoms with van der Waals surface area (Å²) in [4.78, 5) is 20.8. The van der Waals surface area contributed by atoms with Crippen molar-refractivity contribution in [1.82, 2.24) is 15.3 Å². The summed E-state index contributed by atoms with van der Waals surface area (Å²) in [5.41, 5.74) is 1.41. The topological polar surface area (TPSA) is 73.3 Å². The van der Waals surface area contributed by atoms with Crippen LogP contribution in [0.1, 0.15) is 29.0 Å². The largest absolute Gasteiger partial charge is 0.496 e. The number of benzene rings is 1. The SMILES string of the molecule is COc1cc(C(=O)NC(C)c2ccc(OCC(F)(F)F)nc2)nc2ccccc12. The summed E-state index contributed by atoms with van der Waals surface area (Å²) >= 11 is 0. The van der Waals surface area contributed by atoms with Gasteiger partial charge in [-0.15, -0.1) is 0 Å². The minimum Gasteiger partial charge on any atom is -0.496 e. The molecule has 29 heavy (non-hydrogen) atoms. The highest BCUT2D eigenvalue weighted by Crippen LogP contribution is 2.25. The Morgan fingerprint density at radius 2 is 1.97 bits per heavy atom. The predicted octanol–water partition coefficient (Wildman–Crippen LogP) is 4.07. The van der Waals surface area contributed by atoms with E-state index in [1.807, 2.05) is 18.2 Å². The van der Waals surface area contributed by atoms with Gasteiger partial charge in [0.2, 0.25) is 5.88 Å². The van der Waals surface area contributed by atoms with Crippen LogP contribution in [-0.4, -0.2) is 35.8 Å². The number of hydrogen-bond donors (Lipinski definition) is 1. The first-order valence-electron chi connectivity index (χ1n) is 8.67. The number of carbonyl (C=O) groups excluding carboxylic acids is 1. The molecule has 1 atom stereocenters. The number of fused-ring (bicyclic) bond motifs is 1. The van der Waals surface area contributed by atoms with E-state index in [-0.39, 0.29) is 11.6 Å². The van der Waals surface area contributed by atoms with E-state index in [0.29, 0.717) is 16.8 Å². The van der Waals surface area contributed by atoms with Crippen molar-refractivity contribution in [3.63, 3.8) is 0 Å². The second-order valence-corrected chi connectivity index (χ2v) is 6.26. The highest BCUT2D eigenvalue weighted by atomic mass is 19.4. The number of ether oxygens (including phenoxy) is 2. The number of carbonyl (C=O) groups is 1. The zero-order valence-electron chi connectivity index (χ0n) is 15.7. The summed E-state index contributed by atoms with van der Waals surface area (Å²) < 4.78 is 46.5. The molecule has 0 radical (unpaired) electrons. The highest BCUT2D eigenvalue weighted by Gasteiger charge is 2.28. The highest BCUT2D eigenvalue weighted by molar-refractivity contribution is 5.97. The van der Waals surface area contributed by atoms with Gasteiger partial charge in [0.15, 0.2) is 6.61 Å². The zero-order valence-corrected chi connectivity index (χ0v) is 15.7. The van der Waals surface area contributed by atoms with Crippen LogP contribution in [0.2, 0.25) is 0 Å². The van der Waals surface area contributed by atoms with Crippen molar-refractivity contribution in [2.45, 2.75) is 19.1 Å². The van der Waals surface area contributed by atoms with Gasteiger partial charge in [-0.1, -0.05) is 18.2 Å². The monoisotopic (exact) mass is 405 g/mol. The number of para-hydroxylation sites is 1. The number of methoxy groups -OCH3 is 1. The maximum atomic E-state index is 12.6. The number of aromatic nitrogens is 2. The first kappa shape index (κ1) is 20.4. The number of pyridine rings is 2. The van der Waals surface area contributed by atoms with Gasteiger partial charge in [-0.25, -0.2) is 9.97 Å². The van der Waals surface area contributed by atoms with Gasteiger partial charge in [-0.3, -0.25) is 4.79 Å². The molecule has 1 N–H and O–H groups in total. The second-order valence-electron chi connectivity index (χ2n) is 6.26. The van der Waals surface area contributed by atoms with Crippen molar-refractivity contribution in [1.29, 1.82) is 0 Å². The van der Waals surface area contributed by atoms with Crippen LogP contribution in [0.4, 0.5) is 13.2 Å². The van der Waals surface area contributed by atoms with E-state index in [2.05, 4.69) is 20.0 Å². The van der Waals surface area contributed by atoms with Crippen LogP contribution in [0, 0.1) is 0 Å². The quantitative estimate of drug-likeness (QED) is 0.669. The Bertz CT molecular complexity index is 1010. The molecule has 3 rings (SSSR count). The third kappa shape index (κ3) is 5.13. The van der Waals surface area contributed by atoms with E-state index in [9.17, 15) is 18.0 Å². The van der Waals surface area contributed by atoms with Crippen LogP contribution in [0.15, 0.2) is 48.7 Å². The molecule has 0 fully saturated rings. The number of amides is 1. The smallest absolute Gasteiger partial charge is 0.422 e. The minimum atomic E-state index is -4.43. The van der Waals surface area contributed by atoms with Crippen molar-refractivity contribution in [3.8, 4) is 11.6 Å². The molecule has 0 saturated heterocycles. The molecule has 2 aromatic heterocycles. The Balaban J connectivity index is 1.71. The van der Waals surface area contributed by atoms with Gasteiger partial charge in [-0.2, -0.15) is 13.2 Å². The average Bonchev–Trinajstić information content (AvgIpc) is 2.71. The Morgan fingerprint density at radius 1 is 1.21 bits per heavy atom. The summed E-state index contributed by atoms with van der Waals surface area (Å²) in [6.07, 6.45) is -3.08. The predicted molar refractivity (Wildman–Crippen MR) is 100.0 cm³/mol. The molecule has 0 saturated carbocycles. The molecule has 2 heterocycles. The summed E-state index contributed by atoms with van der Waals surface area (Å²) in [6, 6.07) is 11.2. The van der Waals surface area contributed by atoms with Gasteiger partial charge in [0.25, 0.3) is 5.91 Å². The lowest BCUT2D eigenvalue weighted by Crippen LogP contribution is -2.27. The third-order valence-electron chi connectivity index (χ3n) is 4.12. The average molecular weight is 405 g/mol. The van der Waals surface area contributed by atoms with Crippen molar-refractivity contribution >= 4 is 16.8 Å². The Morgan fingerprint density at radius 3 is 2.62 bits per heavy atom. The zero-order chi connectivity index (χ0) is 21.0. The maximum Gasteiger partial charge on any atom is 0.422 e. The number of rotatable bonds is 6. The number of hydrogen-bond acceptors (Lipinski definition) is 5. The molecule has 0 aliphatic heterocycles. The van der Waals surface area contributed by atoms with Gasteiger partial charge in [0.05, 0.1) is 18.7 Å². The van der Waals surface area contributed by atoms with Crippen molar-refractivity contribution in [2.75, 3.05) is 13.7 Å². The Kier molecular flexibility index (Phi) is 5.86. The van der Waals surface area contributed by atoms with E-state index in [1.165, 1.54) is 25.4 Å². The number of alkyl halides is 3. The van der Waals surface area contributed by atoms with Gasteiger partial charge >= 0.3 is 6.18 Å². The van der Waals surface area contributed by atoms with Crippen LogP contribution >= 0.6 is 0 Å². The van der Waals surface area contributed by atoms with Crippen molar-refractivity contribution in [2.24, 2.45) is 0 Å². The van der Waals surface area contributed by atoms with E-state index in [4.69, 9.17) is 4.74 Å². The molecule has 3 aromatic rings. The molecular formula is C20H18F3N3O3. The molecule has 1 unspecified atom stereocenters. The van der Waals surface area contributed by atoms with Crippen LogP contribution in [0.5, 0.6) is 11.6 Å². The fourth-order valence-corrected chi connectivity index (χ4v) is 2.67. The van der Waals surface area contributed by atoms with Crippen LogP contribution < -0.4 is 14.8 Å². The van der Waals surface area contributed by atoms with Gasteiger partial charge in [0.1, 0.15) is 11.4 Å². The third-order valence-corrected chi connectivity index (χ3v) is 4.12. The molecular weight excluding hydrogens is 387 g/mol. The molecule has 9 heteroatoms. The van der Waals surface area contributed by atoms with E-state index in [1.54, 1.807) is 19.1 Å². The lowest BCUT2D eigenvalue weighted by molar-refractivity contribution is -0.154. The van der Waals surface area contributed by atoms with E-state index in [0.717, 1.165) is 5.39 Å². The fraction of sp³-hybridized carbons (Fsp3) is 0.250. The van der Waals surface area contributed by atoms with Crippen molar-refractivity contribution < 1.29 is 27.4 Å². The molecule has 0 aliphatic rings. The van der Waals surface area contributed by atoms with Crippen LogP contribution in [-0.2, 0) is 0 Å². The summed E-state index contributed by atoms with van der Waals surface area (Å²) in [5.74, 6) is -0.0364. The summed E-state index contributed by atoms with van der Waals surface area (Å²) in [7, 11) is 1.51. The molecule has 0 aliphatic carbocycles. The normalized spacial score (nSPS) is 12.4. The molecule has 6 nitrogen and oxygen atoms in total. The standard InChI is InChI=1S/C20H18F3N3O3/c1-12(13-7-8-18(24-10-13)29-11-20(21,22)23)25-19(27)16-9-17(28-2)14-5-3-4-6-15(14)26-16/h3-10,12H,11H2,1-2H3,(H,25,27). The number of nitrogens with one attached hydrogen (secondary N) is 1. The first-order valence-corrected chi connectivity index (χ1v) is 8.67. The summed E-state index contributed by atoms with van der Waals surface area (Å²) in [5, 5.41) is 3.58. The molecule has 152 valence electrons. The summed E-state index contributed by atoms with van der Waals surface area (Å²) in [6.45, 7) is 0.310. The maximum absolute atomic E-state index is 12.6. The number of nitrogens with zero attached hydrogens (tertiary/aromatic N) is 2. The molecule has 1 aromatic carbocycles. The van der Waals surface area contributed by atoms with E-state index < -0.39 is 24.7 Å². The molecule has 0 spiro atoms. The van der Waals surface area contributed by atoms with Crippen LogP contribution in [0.25, 0.3) is 10.9 Å². The second kappa shape index (κ2) is 8.34. The fourth-order valence-electron chi connectivity index (χ4n) is 2.67. The molecule has 0 bridgehead atoms. The van der Waals surface area contributed by atoms with E-state index >= 15 is 0 Å². The lowest BCUT2D eigenvalue weighted by Gasteiger charge is -2.15. The van der Waals surface area contributed by atoms with Gasteiger partial charge in [0, 0.05) is 23.7 Å². The van der Waals surface area contributed by atoms with Gasteiger partial charge in [-0.05, 0) is 24.6 Å².